The molecule has 6 heteroatoms. The van der Waals surface area contributed by atoms with Crippen LogP contribution in [0.3, 0.4) is 0 Å². The van der Waals surface area contributed by atoms with Gasteiger partial charge in [-0.25, -0.2) is 8.42 Å². The van der Waals surface area contributed by atoms with Gasteiger partial charge in [0.15, 0.2) is 15.6 Å². The molecule has 2 aromatic carbocycles. The summed E-state index contributed by atoms with van der Waals surface area (Å²) < 4.78 is 29.5. The Hall–Kier alpha value is -1.85. The van der Waals surface area contributed by atoms with Gasteiger partial charge in [-0.05, 0) is 30.3 Å². The largest absolute Gasteiger partial charge is 0.497 e. The summed E-state index contributed by atoms with van der Waals surface area (Å²) in [5.41, 5.74) is 0.272. The third kappa shape index (κ3) is 3.83. The number of benzene rings is 2. The number of methoxy groups -OCH3 is 1. The van der Waals surface area contributed by atoms with Crippen LogP contribution in [-0.4, -0.2) is 27.1 Å². The van der Waals surface area contributed by atoms with Crippen molar-refractivity contribution >= 4 is 27.2 Å². The molecule has 0 bridgehead atoms. The van der Waals surface area contributed by atoms with E-state index in [1.54, 1.807) is 24.3 Å². The Bertz CT molecular complexity index is 769. The molecule has 0 aliphatic rings. The molecule has 0 fully saturated rings. The van der Waals surface area contributed by atoms with Gasteiger partial charge in [0.1, 0.15) is 11.5 Å². The first-order valence-electron chi connectivity index (χ1n) is 6.08. The van der Waals surface area contributed by atoms with Crippen LogP contribution in [0.2, 0.25) is 5.02 Å². The number of carbonyl (C=O) groups is 1. The van der Waals surface area contributed by atoms with Gasteiger partial charge in [-0.1, -0.05) is 29.8 Å². The molecule has 0 saturated carbocycles. The minimum Gasteiger partial charge on any atom is -0.497 e. The summed E-state index contributed by atoms with van der Waals surface area (Å²) in [5, 5.41) is 0.389. The van der Waals surface area contributed by atoms with Crippen LogP contribution in [0.4, 0.5) is 0 Å². The van der Waals surface area contributed by atoms with Crippen LogP contribution in [0.1, 0.15) is 10.4 Å². The number of rotatable bonds is 5. The molecule has 2 aromatic rings. The van der Waals surface area contributed by atoms with Crippen molar-refractivity contribution in [3.8, 4) is 5.75 Å². The van der Waals surface area contributed by atoms with Crippen LogP contribution in [-0.2, 0) is 9.84 Å². The summed E-state index contributed by atoms with van der Waals surface area (Å²) in [6.07, 6.45) is 0. The predicted molar refractivity (Wildman–Crippen MR) is 80.8 cm³/mol. The topological polar surface area (TPSA) is 60.4 Å². The van der Waals surface area contributed by atoms with Crippen molar-refractivity contribution in [2.45, 2.75) is 4.90 Å². The van der Waals surface area contributed by atoms with Crippen molar-refractivity contribution in [3.63, 3.8) is 0 Å². The molecule has 0 atom stereocenters. The van der Waals surface area contributed by atoms with Crippen LogP contribution in [0.15, 0.2) is 53.4 Å². The van der Waals surface area contributed by atoms with E-state index in [2.05, 4.69) is 0 Å². The summed E-state index contributed by atoms with van der Waals surface area (Å²) in [5.74, 6) is -0.688. The Balaban J connectivity index is 2.26. The summed E-state index contributed by atoms with van der Waals surface area (Å²) in [4.78, 5) is 12.1. The van der Waals surface area contributed by atoms with E-state index in [4.69, 9.17) is 16.3 Å². The number of halogens is 1. The first kappa shape index (κ1) is 15.5. The molecule has 4 nitrogen and oxygen atoms in total. The Labute approximate surface area is 128 Å². The molecule has 0 saturated heterocycles. The number of ether oxygens (including phenoxy) is 1. The van der Waals surface area contributed by atoms with Crippen molar-refractivity contribution in [1.29, 1.82) is 0 Å². The second-order valence-corrected chi connectivity index (χ2v) is 6.80. The summed E-state index contributed by atoms with van der Waals surface area (Å²) >= 11 is 5.80. The molecular formula is C15H13ClO4S. The van der Waals surface area contributed by atoms with Gasteiger partial charge in [0, 0.05) is 10.6 Å². The fourth-order valence-corrected chi connectivity index (χ4v) is 3.25. The average Bonchev–Trinajstić information content (AvgIpc) is 2.47. The number of sulfone groups is 1. The fourth-order valence-electron chi connectivity index (χ4n) is 1.80. The Morgan fingerprint density at radius 2 is 1.86 bits per heavy atom. The second-order valence-electron chi connectivity index (χ2n) is 4.37. The maximum absolute atomic E-state index is 12.3. The molecule has 0 radical (unpaired) electrons. The monoisotopic (exact) mass is 324 g/mol. The maximum atomic E-state index is 12.3. The molecule has 0 aromatic heterocycles. The SMILES string of the molecule is COc1cccc(S(=O)(=O)CC(=O)c2cccc(Cl)c2)c1. The van der Waals surface area contributed by atoms with Crippen molar-refractivity contribution < 1.29 is 17.9 Å². The third-order valence-electron chi connectivity index (χ3n) is 2.87. The zero-order valence-electron chi connectivity index (χ0n) is 11.2. The highest BCUT2D eigenvalue weighted by molar-refractivity contribution is 7.92. The molecule has 2 rings (SSSR count). The van der Waals surface area contributed by atoms with E-state index >= 15 is 0 Å². The number of carbonyl (C=O) groups excluding carboxylic acids is 1. The lowest BCUT2D eigenvalue weighted by Crippen LogP contribution is -2.16. The van der Waals surface area contributed by atoms with Gasteiger partial charge in [-0.3, -0.25) is 4.79 Å². The molecule has 0 heterocycles. The summed E-state index contributed by atoms with van der Waals surface area (Å²) in [6, 6.07) is 12.2. The van der Waals surface area contributed by atoms with Crippen molar-refractivity contribution in [2.75, 3.05) is 12.9 Å². The first-order chi connectivity index (χ1) is 9.92. The van der Waals surface area contributed by atoms with Gasteiger partial charge >= 0.3 is 0 Å². The van der Waals surface area contributed by atoms with Gasteiger partial charge in [0.25, 0.3) is 0 Å². The maximum Gasteiger partial charge on any atom is 0.185 e. The lowest BCUT2D eigenvalue weighted by atomic mass is 10.1. The van der Waals surface area contributed by atoms with Gasteiger partial charge in [0.05, 0.1) is 12.0 Å². The number of hydrogen-bond donors (Lipinski definition) is 0. The van der Waals surface area contributed by atoms with Crippen molar-refractivity contribution in [1.82, 2.24) is 0 Å². The molecular weight excluding hydrogens is 312 g/mol. The zero-order valence-corrected chi connectivity index (χ0v) is 12.8. The molecule has 0 unspecified atom stereocenters. The van der Waals surface area contributed by atoms with Gasteiger partial charge < -0.3 is 4.74 Å². The Morgan fingerprint density at radius 3 is 2.52 bits per heavy atom. The van der Waals surface area contributed by atoms with E-state index in [1.165, 1.54) is 31.4 Å². The summed E-state index contributed by atoms with van der Waals surface area (Å²) in [6.45, 7) is 0. The first-order valence-corrected chi connectivity index (χ1v) is 8.11. The normalized spacial score (nSPS) is 11.1. The molecule has 0 N–H and O–H groups in total. The average molecular weight is 325 g/mol. The van der Waals surface area contributed by atoms with Crippen LogP contribution in [0.5, 0.6) is 5.75 Å². The second kappa shape index (κ2) is 6.28. The smallest absolute Gasteiger partial charge is 0.185 e. The van der Waals surface area contributed by atoms with E-state index in [1.807, 2.05) is 0 Å². The highest BCUT2D eigenvalue weighted by atomic mass is 35.5. The van der Waals surface area contributed by atoms with E-state index in [9.17, 15) is 13.2 Å². The third-order valence-corrected chi connectivity index (χ3v) is 4.72. The lowest BCUT2D eigenvalue weighted by Gasteiger charge is -2.06. The van der Waals surface area contributed by atoms with Crippen LogP contribution < -0.4 is 4.74 Å². The van der Waals surface area contributed by atoms with E-state index in [0.29, 0.717) is 10.8 Å². The number of hydrogen-bond acceptors (Lipinski definition) is 4. The highest BCUT2D eigenvalue weighted by Gasteiger charge is 2.21. The molecule has 0 aliphatic carbocycles. The van der Waals surface area contributed by atoms with Gasteiger partial charge in [0.2, 0.25) is 0 Å². The van der Waals surface area contributed by atoms with Crippen LogP contribution >= 0.6 is 11.6 Å². The minimum absolute atomic E-state index is 0.0530. The highest BCUT2D eigenvalue weighted by Crippen LogP contribution is 2.19. The predicted octanol–water partition coefficient (Wildman–Crippen LogP) is 3.01. The summed E-state index contributed by atoms with van der Waals surface area (Å²) in [7, 11) is -2.28. The van der Waals surface area contributed by atoms with Crippen molar-refractivity contribution in [2.24, 2.45) is 0 Å². The lowest BCUT2D eigenvalue weighted by molar-refractivity contribution is 0.102. The van der Waals surface area contributed by atoms with E-state index < -0.39 is 21.4 Å². The van der Waals surface area contributed by atoms with Crippen molar-refractivity contribution in [3.05, 3.63) is 59.1 Å². The molecule has 21 heavy (non-hydrogen) atoms. The Kier molecular flexibility index (Phi) is 4.65. The van der Waals surface area contributed by atoms with E-state index in [-0.39, 0.29) is 10.5 Å². The standard InChI is InChI=1S/C15H13ClO4S/c1-20-13-6-3-7-14(9-13)21(18,19)10-15(17)11-4-2-5-12(16)8-11/h2-9H,10H2,1H3. The molecule has 110 valence electrons. The van der Waals surface area contributed by atoms with E-state index in [0.717, 1.165) is 0 Å². The molecule has 0 spiro atoms. The number of Topliss-reactive ketones (excluding diaryl/α,β-unsaturated/α-hetero) is 1. The minimum atomic E-state index is -3.73. The zero-order chi connectivity index (χ0) is 15.5. The number of ketones is 1. The van der Waals surface area contributed by atoms with Crippen LogP contribution in [0.25, 0.3) is 0 Å². The quantitative estimate of drug-likeness (QED) is 0.793. The van der Waals surface area contributed by atoms with Crippen LogP contribution in [0, 0.1) is 0 Å². The Morgan fingerprint density at radius 1 is 1.14 bits per heavy atom. The molecule has 0 amide bonds. The molecule has 0 aliphatic heterocycles. The van der Waals surface area contributed by atoms with Gasteiger partial charge in [-0.2, -0.15) is 0 Å². The van der Waals surface area contributed by atoms with Gasteiger partial charge in [-0.15, -0.1) is 0 Å². The fraction of sp³-hybridized carbons (Fsp3) is 0.133.